The average Bonchev–Trinajstić information content (AvgIpc) is 3.09. The number of rotatable bonds is 5. The van der Waals surface area contributed by atoms with Crippen LogP contribution in [-0.4, -0.2) is 60.3 Å². The lowest BCUT2D eigenvalue weighted by molar-refractivity contribution is -0.912. The maximum atomic E-state index is 13.0. The predicted molar refractivity (Wildman–Crippen MR) is 97.6 cm³/mol. The van der Waals surface area contributed by atoms with E-state index in [-0.39, 0.29) is 22.4 Å². The van der Waals surface area contributed by atoms with E-state index in [9.17, 15) is 14.4 Å². The van der Waals surface area contributed by atoms with Gasteiger partial charge in [-0.2, -0.15) is 0 Å². The van der Waals surface area contributed by atoms with E-state index >= 15 is 0 Å². The average molecular weight is 361 g/mol. The highest BCUT2D eigenvalue weighted by Crippen LogP contribution is 2.37. The Kier molecular flexibility index (Phi) is 4.99. The molecule has 2 atom stereocenters. The molecular formula is C20H28FN3O2. The second-order valence-electron chi connectivity index (χ2n) is 8.27. The van der Waals surface area contributed by atoms with E-state index in [1.807, 2.05) is 12.1 Å². The van der Waals surface area contributed by atoms with Crippen molar-refractivity contribution in [1.82, 2.24) is 10.2 Å². The van der Waals surface area contributed by atoms with Gasteiger partial charge < -0.3 is 20.1 Å². The van der Waals surface area contributed by atoms with Crippen LogP contribution >= 0.6 is 0 Å². The summed E-state index contributed by atoms with van der Waals surface area (Å²) >= 11 is 0. The summed E-state index contributed by atoms with van der Waals surface area (Å²) in [7, 11) is 0. The lowest BCUT2D eigenvalue weighted by atomic mass is 9.82. The molecule has 4 heterocycles. The lowest BCUT2D eigenvalue weighted by Crippen LogP contribution is -2.65. The van der Waals surface area contributed by atoms with E-state index in [1.54, 1.807) is 0 Å². The molecule has 4 aliphatic heterocycles. The third kappa shape index (κ3) is 3.77. The van der Waals surface area contributed by atoms with Gasteiger partial charge >= 0.3 is 0 Å². The van der Waals surface area contributed by atoms with Gasteiger partial charge in [0.2, 0.25) is 0 Å². The van der Waals surface area contributed by atoms with Crippen LogP contribution in [0.2, 0.25) is 0 Å². The summed E-state index contributed by atoms with van der Waals surface area (Å²) in [5.41, 5.74) is 1.13. The molecule has 0 saturated carbocycles. The van der Waals surface area contributed by atoms with Crippen molar-refractivity contribution in [2.75, 3.05) is 32.7 Å². The molecule has 26 heavy (non-hydrogen) atoms. The van der Waals surface area contributed by atoms with Crippen molar-refractivity contribution < 1.29 is 13.8 Å². The Morgan fingerprint density at radius 1 is 1.23 bits per heavy atom. The minimum atomic E-state index is -0.393. The number of hydroxylamine groups is 3. The van der Waals surface area contributed by atoms with Gasteiger partial charge in [0, 0.05) is 44.9 Å². The van der Waals surface area contributed by atoms with Gasteiger partial charge in [0.25, 0.3) is 5.91 Å². The summed E-state index contributed by atoms with van der Waals surface area (Å²) < 4.78 is 12.7. The Morgan fingerprint density at radius 3 is 2.65 bits per heavy atom. The van der Waals surface area contributed by atoms with Crippen LogP contribution in [0.5, 0.6) is 0 Å². The quantitative estimate of drug-likeness (QED) is 0.645. The molecular weight excluding hydrogens is 333 g/mol. The Balaban J connectivity index is 1.25. The first kappa shape index (κ1) is 17.9. The topological polar surface area (TPSA) is 55.4 Å². The van der Waals surface area contributed by atoms with Crippen molar-refractivity contribution in [2.45, 2.75) is 44.2 Å². The SMILES string of the molecule is O=C(NC1CCN(CCc2ccc(F)cc2)C1)[C@@H]1CC2CC[N+]1([O-])CC2. The molecule has 5 rings (SSSR count). The number of quaternary nitrogens is 1. The molecule has 0 aromatic heterocycles. The summed E-state index contributed by atoms with van der Waals surface area (Å²) in [4.78, 5) is 15.0. The molecule has 1 aromatic carbocycles. The lowest BCUT2D eigenvalue weighted by Gasteiger charge is -2.56. The van der Waals surface area contributed by atoms with E-state index in [4.69, 9.17) is 0 Å². The maximum Gasteiger partial charge on any atom is 0.278 e. The van der Waals surface area contributed by atoms with Crippen LogP contribution in [0, 0.1) is 16.9 Å². The van der Waals surface area contributed by atoms with E-state index in [0.717, 1.165) is 57.3 Å². The fraction of sp³-hybridized carbons (Fsp3) is 0.650. The van der Waals surface area contributed by atoms with Gasteiger partial charge in [-0.15, -0.1) is 0 Å². The van der Waals surface area contributed by atoms with Gasteiger partial charge in [-0.3, -0.25) is 4.79 Å². The van der Waals surface area contributed by atoms with Crippen LogP contribution in [0.1, 0.15) is 31.2 Å². The van der Waals surface area contributed by atoms with Crippen molar-refractivity contribution in [1.29, 1.82) is 0 Å². The number of carbonyl (C=O) groups excluding carboxylic acids is 1. The summed E-state index contributed by atoms with van der Waals surface area (Å²) in [6.07, 6.45) is 4.54. The molecule has 1 N–H and O–H groups in total. The Morgan fingerprint density at radius 2 is 1.96 bits per heavy atom. The first-order chi connectivity index (χ1) is 12.5. The molecule has 4 fully saturated rings. The molecule has 142 valence electrons. The minimum Gasteiger partial charge on any atom is -0.632 e. The molecule has 4 aliphatic rings. The number of halogens is 1. The number of benzene rings is 1. The zero-order chi connectivity index (χ0) is 18.1. The number of likely N-dealkylation sites (tertiary alicyclic amines) is 1. The second kappa shape index (κ2) is 7.25. The number of hydrogen-bond donors (Lipinski definition) is 1. The first-order valence-electron chi connectivity index (χ1n) is 9.87. The van der Waals surface area contributed by atoms with Crippen LogP contribution in [-0.2, 0) is 11.2 Å². The zero-order valence-electron chi connectivity index (χ0n) is 15.2. The maximum absolute atomic E-state index is 13.0. The van der Waals surface area contributed by atoms with E-state index in [2.05, 4.69) is 10.2 Å². The van der Waals surface area contributed by atoms with Crippen molar-refractivity contribution in [3.63, 3.8) is 0 Å². The largest absolute Gasteiger partial charge is 0.632 e. The number of piperidine rings is 3. The molecule has 1 unspecified atom stereocenters. The molecule has 1 aromatic rings. The van der Waals surface area contributed by atoms with Gasteiger partial charge in [0.1, 0.15) is 5.82 Å². The number of carbonyl (C=O) groups is 1. The standard InChI is InChI=1S/C20H28FN3O2/c21-17-3-1-15(2-4-17)5-9-23-10-6-18(14-23)22-20(25)19-13-16-7-11-24(19,26)12-8-16/h1-4,16,18-19H,5-14H2,(H,22,25)/t16?,18?,19-,24?/m0/s1. The Labute approximate surface area is 154 Å². The van der Waals surface area contributed by atoms with E-state index in [1.165, 1.54) is 12.1 Å². The summed E-state index contributed by atoms with van der Waals surface area (Å²) in [5, 5.41) is 16.0. The zero-order valence-corrected chi connectivity index (χ0v) is 15.2. The molecule has 0 radical (unpaired) electrons. The molecule has 1 amide bonds. The van der Waals surface area contributed by atoms with Crippen LogP contribution in [0.4, 0.5) is 4.39 Å². The van der Waals surface area contributed by atoms with E-state index in [0.29, 0.717) is 19.0 Å². The molecule has 0 aliphatic carbocycles. The Hall–Kier alpha value is -1.50. The van der Waals surface area contributed by atoms with Crippen molar-refractivity contribution >= 4 is 5.91 Å². The van der Waals surface area contributed by atoms with Gasteiger partial charge in [0.15, 0.2) is 6.04 Å². The van der Waals surface area contributed by atoms with Crippen molar-refractivity contribution in [2.24, 2.45) is 5.92 Å². The fourth-order valence-electron chi connectivity index (χ4n) is 4.82. The summed E-state index contributed by atoms with van der Waals surface area (Å²) in [5.74, 6) is 0.328. The molecule has 0 spiro atoms. The van der Waals surface area contributed by atoms with Crippen LogP contribution in [0.25, 0.3) is 0 Å². The van der Waals surface area contributed by atoms with Crippen molar-refractivity contribution in [3.8, 4) is 0 Å². The van der Waals surface area contributed by atoms with Crippen LogP contribution in [0.3, 0.4) is 0 Å². The smallest absolute Gasteiger partial charge is 0.278 e. The number of amides is 1. The summed E-state index contributed by atoms with van der Waals surface area (Å²) in [6, 6.07) is 6.40. The normalized spacial score (nSPS) is 34.2. The molecule has 5 nitrogen and oxygen atoms in total. The fourth-order valence-corrected chi connectivity index (χ4v) is 4.82. The van der Waals surface area contributed by atoms with E-state index < -0.39 is 6.04 Å². The van der Waals surface area contributed by atoms with Gasteiger partial charge in [0.05, 0.1) is 13.1 Å². The van der Waals surface area contributed by atoms with Crippen LogP contribution < -0.4 is 5.32 Å². The molecule has 2 bridgehead atoms. The monoisotopic (exact) mass is 361 g/mol. The number of hydrogen-bond acceptors (Lipinski definition) is 3. The van der Waals surface area contributed by atoms with Gasteiger partial charge in [-0.25, -0.2) is 4.39 Å². The highest BCUT2D eigenvalue weighted by atomic mass is 19.1. The number of nitrogens with one attached hydrogen (secondary N) is 1. The third-order valence-corrected chi connectivity index (χ3v) is 6.51. The van der Waals surface area contributed by atoms with Crippen LogP contribution in [0.15, 0.2) is 24.3 Å². The minimum absolute atomic E-state index is 0.0326. The van der Waals surface area contributed by atoms with Gasteiger partial charge in [-0.1, -0.05) is 12.1 Å². The molecule has 4 saturated heterocycles. The Bertz CT molecular complexity index is 643. The highest BCUT2D eigenvalue weighted by molar-refractivity contribution is 5.81. The second-order valence-corrected chi connectivity index (χ2v) is 8.27. The number of nitrogens with zero attached hydrogens (tertiary/aromatic N) is 2. The van der Waals surface area contributed by atoms with Gasteiger partial charge in [-0.05, 0) is 36.5 Å². The highest BCUT2D eigenvalue weighted by Gasteiger charge is 2.46. The van der Waals surface area contributed by atoms with Crippen molar-refractivity contribution in [3.05, 3.63) is 40.9 Å². The summed E-state index contributed by atoms with van der Waals surface area (Å²) in [6.45, 7) is 3.91. The molecule has 6 heteroatoms. The number of fused-ring (bicyclic) bond motifs is 3. The third-order valence-electron chi connectivity index (χ3n) is 6.51. The first-order valence-corrected chi connectivity index (χ1v) is 9.87. The predicted octanol–water partition coefficient (Wildman–Crippen LogP) is 2.06.